The summed E-state index contributed by atoms with van der Waals surface area (Å²) in [4.78, 5) is 12.0. The number of nitrogens with zero attached hydrogens (tertiary/aromatic N) is 2. The van der Waals surface area contributed by atoms with Crippen molar-refractivity contribution in [3.05, 3.63) is 40.5 Å². The Morgan fingerprint density at radius 1 is 1.50 bits per heavy atom. The van der Waals surface area contributed by atoms with Gasteiger partial charge in [-0.05, 0) is 30.7 Å². The molecule has 0 saturated heterocycles. The fourth-order valence-electron chi connectivity index (χ4n) is 1.58. The monoisotopic (exact) mass is 264 g/mol. The van der Waals surface area contributed by atoms with Crippen molar-refractivity contribution < 1.29 is 4.79 Å². The zero-order valence-electron chi connectivity index (χ0n) is 10.1. The summed E-state index contributed by atoms with van der Waals surface area (Å²) >= 11 is 5.85. The molecule has 2 aromatic rings. The summed E-state index contributed by atoms with van der Waals surface area (Å²) in [6, 6.07) is 5.25. The van der Waals surface area contributed by atoms with Gasteiger partial charge in [0.2, 0.25) is 0 Å². The molecule has 0 aliphatic heterocycles. The lowest BCUT2D eigenvalue weighted by atomic mass is 10.2. The van der Waals surface area contributed by atoms with E-state index in [-0.39, 0.29) is 5.91 Å². The van der Waals surface area contributed by atoms with Crippen LogP contribution in [0.1, 0.15) is 15.9 Å². The average Bonchev–Trinajstić information content (AvgIpc) is 2.64. The maximum Gasteiger partial charge on any atom is 0.261 e. The topological polar surface area (TPSA) is 72.9 Å². The van der Waals surface area contributed by atoms with Crippen LogP contribution >= 0.6 is 11.6 Å². The third kappa shape index (κ3) is 2.31. The van der Waals surface area contributed by atoms with Gasteiger partial charge in [-0.25, -0.2) is 0 Å². The number of carbonyl (C=O) groups is 1. The van der Waals surface area contributed by atoms with Gasteiger partial charge in [0.1, 0.15) is 11.4 Å². The molecule has 1 aromatic carbocycles. The molecule has 0 fully saturated rings. The fourth-order valence-corrected chi connectivity index (χ4v) is 1.81. The van der Waals surface area contributed by atoms with E-state index in [1.807, 2.05) is 6.92 Å². The van der Waals surface area contributed by atoms with Crippen molar-refractivity contribution in [1.82, 2.24) is 9.78 Å². The second-order valence-electron chi connectivity index (χ2n) is 3.98. The van der Waals surface area contributed by atoms with E-state index in [0.29, 0.717) is 22.1 Å². The number of carbonyl (C=O) groups excluding carboxylic acids is 1. The van der Waals surface area contributed by atoms with Crippen LogP contribution < -0.4 is 11.1 Å². The van der Waals surface area contributed by atoms with Gasteiger partial charge in [0.15, 0.2) is 0 Å². The Kier molecular flexibility index (Phi) is 3.25. The van der Waals surface area contributed by atoms with E-state index in [2.05, 4.69) is 10.4 Å². The number of hydrogen-bond acceptors (Lipinski definition) is 3. The Morgan fingerprint density at radius 3 is 2.78 bits per heavy atom. The summed E-state index contributed by atoms with van der Waals surface area (Å²) in [5.74, 6) is 0.0464. The molecule has 0 radical (unpaired) electrons. The fraction of sp³-hybridized carbons (Fsp3) is 0.167. The quantitative estimate of drug-likeness (QED) is 0.873. The van der Waals surface area contributed by atoms with E-state index in [1.54, 1.807) is 25.2 Å². The summed E-state index contributed by atoms with van der Waals surface area (Å²) in [5, 5.41) is 7.33. The van der Waals surface area contributed by atoms with Crippen LogP contribution in [0.5, 0.6) is 0 Å². The number of aromatic nitrogens is 2. The van der Waals surface area contributed by atoms with Crippen LogP contribution in [-0.4, -0.2) is 15.7 Å². The summed E-state index contributed by atoms with van der Waals surface area (Å²) in [6.45, 7) is 1.87. The van der Waals surface area contributed by atoms with E-state index in [0.717, 1.165) is 5.56 Å². The number of anilines is 2. The molecule has 0 aliphatic rings. The molecule has 0 saturated carbocycles. The lowest BCUT2D eigenvalue weighted by molar-refractivity contribution is 0.102. The molecule has 1 amide bonds. The Morgan fingerprint density at radius 2 is 2.22 bits per heavy atom. The lowest BCUT2D eigenvalue weighted by Crippen LogP contribution is -2.14. The van der Waals surface area contributed by atoms with Crippen molar-refractivity contribution in [2.75, 3.05) is 11.1 Å². The molecular formula is C12H13ClN4O. The zero-order valence-corrected chi connectivity index (χ0v) is 10.8. The Labute approximate surface area is 110 Å². The first-order valence-electron chi connectivity index (χ1n) is 5.34. The molecule has 3 N–H and O–H groups in total. The van der Waals surface area contributed by atoms with E-state index in [9.17, 15) is 4.79 Å². The highest BCUT2D eigenvalue weighted by atomic mass is 35.5. The first-order chi connectivity index (χ1) is 8.49. The zero-order chi connectivity index (χ0) is 13.3. The average molecular weight is 265 g/mol. The van der Waals surface area contributed by atoms with Crippen LogP contribution in [0.2, 0.25) is 5.02 Å². The number of nitrogen functional groups attached to an aromatic ring is 1. The summed E-state index contributed by atoms with van der Waals surface area (Å²) < 4.78 is 1.45. The van der Waals surface area contributed by atoms with Gasteiger partial charge in [-0.3, -0.25) is 9.48 Å². The van der Waals surface area contributed by atoms with Gasteiger partial charge in [-0.2, -0.15) is 5.10 Å². The largest absolute Gasteiger partial charge is 0.383 e. The van der Waals surface area contributed by atoms with E-state index >= 15 is 0 Å². The minimum absolute atomic E-state index is 0.286. The lowest BCUT2D eigenvalue weighted by Gasteiger charge is -2.08. The standard InChI is InChI=1S/C12H13ClN4O/c1-7-5-8(13)3-4-10(7)16-12(18)9-6-15-17(2)11(9)14/h3-6H,14H2,1-2H3,(H,16,18). The number of benzene rings is 1. The Balaban J connectivity index is 2.24. The van der Waals surface area contributed by atoms with Crippen LogP contribution in [0, 0.1) is 6.92 Å². The highest BCUT2D eigenvalue weighted by Crippen LogP contribution is 2.21. The van der Waals surface area contributed by atoms with E-state index < -0.39 is 0 Å². The van der Waals surface area contributed by atoms with Crippen molar-refractivity contribution in [3.63, 3.8) is 0 Å². The molecule has 5 nitrogen and oxygen atoms in total. The molecule has 0 spiro atoms. The maximum atomic E-state index is 12.0. The molecule has 18 heavy (non-hydrogen) atoms. The second-order valence-corrected chi connectivity index (χ2v) is 4.42. The minimum Gasteiger partial charge on any atom is -0.383 e. The predicted octanol–water partition coefficient (Wildman–Crippen LogP) is 2.22. The van der Waals surface area contributed by atoms with Crippen molar-refractivity contribution in [1.29, 1.82) is 0 Å². The van der Waals surface area contributed by atoms with E-state index in [1.165, 1.54) is 10.9 Å². The highest BCUT2D eigenvalue weighted by molar-refractivity contribution is 6.30. The SMILES string of the molecule is Cc1cc(Cl)ccc1NC(=O)c1cnn(C)c1N. The van der Waals surface area contributed by atoms with Crippen LogP contribution in [0.4, 0.5) is 11.5 Å². The third-order valence-electron chi connectivity index (χ3n) is 2.67. The number of nitrogens with two attached hydrogens (primary N) is 1. The van der Waals surface area contributed by atoms with Gasteiger partial charge in [0.05, 0.1) is 6.20 Å². The smallest absolute Gasteiger partial charge is 0.261 e. The van der Waals surface area contributed by atoms with Gasteiger partial charge in [-0.15, -0.1) is 0 Å². The summed E-state index contributed by atoms with van der Waals surface area (Å²) in [7, 11) is 1.68. The first-order valence-corrected chi connectivity index (χ1v) is 5.72. The van der Waals surface area contributed by atoms with Crippen LogP contribution in [0.15, 0.2) is 24.4 Å². The molecule has 0 bridgehead atoms. The van der Waals surface area contributed by atoms with Gasteiger partial charge < -0.3 is 11.1 Å². The number of aryl methyl sites for hydroxylation is 2. The Bertz CT molecular complexity index is 606. The normalized spacial score (nSPS) is 10.4. The molecule has 0 atom stereocenters. The van der Waals surface area contributed by atoms with Gasteiger partial charge in [0, 0.05) is 17.8 Å². The number of rotatable bonds is 2. The Hall–Kier alpha value is -2.01. The molecule has 0 unspecified atom stereocenters. The molecule has 6 heteroatoms. The van der Waals surface area contributed by atoms with E-state index in [4.69, 9.17) is 17.3 Å². The summed E-state index contributed by atoms with van der Waals surface area (Å²) in [5.41, 5.74) is 7.68. The predicted molar refractivity (Wildman–Crippen MR) is 71.8 cm³/mol. The van der Waals surface area contributed by atoms with Gasteiger partial charge in [0.25, 0.3) is 5.91 Å². The molecule has 94 valence electrons. The number of halogens is 1. The van der Waals surface area contributed by atoms with Gasteiger partial charge in [-0.1, -0.05) is 11.6 Å². The summed E-state index contributed by atoms with van der Waals surface area (Å²) in [6.07, 6.45) is 1.44. The van der Waals surface area contributed by atoms with Crippen molar-refractivity contribution in [3.8, 4) is 0 Å². The molecule has 2 rings (SSSR count). The third-order valence-corrected chi connectivity index (χ3v) is 2.90. The molecule has 1 aromatic heterocycles. The first kappa shape index (κ1) is 12.4. The molecule has 1 heterocycles. The molecular weight excluding hydrogens is 252 g/mol. The number of amides is 1. The van der Waals surface area contributed by atoms with Gasteiger partial charge >= 0.3 is 0 Å². The highest BCUT2D eigenvalue weighted by Gasteiger charge is 2.14. The van der Waals surface area contributed by atoms with Crippen LogP contribution in [-0.2, 0) is 7.05 Å². The van der Waals surface area contributed by atoms with Crippen molar-refractivity contribution in [2.45, 2.75) is 6.92 Å². The molecule has 0 aliphatic carbocycles. The van der Waals surface area contributed by atoms with Crippen LogP contribution in [0.3, 0.4) is 0 Å². The number of hydrogen-bond donors (Lipinski definition) is 2. The minimum atomic E-state index is -0.286. The maximum absolute atomic E-state index is 12.0. The number of nitrogens with one attached hydrogen (secondary N) is 1. The van der Waals surface area contributed by atoms with Crippen LogP contribution in [0.25, 0.3) is 0 Å². The second kappa shape index (κ2) is 4.70. The van der Waals surface area contributed by atoms with Crippen molar-refractivity contribution >= 4 is 29.0 Å². The van der Waals surface area contributed by atoms with Crippen molar-refractivity contribution in [2.24, 2.45) is 7.05 Å².